The van der Waals surface area contributed by atoms with Crippen LogP contribution in [0.3, 0.4) is 0 Å². The Morgan fingerprint density at radius 2 is 2.07 bits per heavy atom. The lowest BCUT2D eigenvalue weighted by molar-refractivity contribution is 0.244. The zero-order valence-corrected chi connectivity index (χ0v) is 8.53. The summed E-state index contributed by atoms with van der Waals surface area (Å²) in [5.41, 5.74) is 4.06. The monoisotopic (exact) mass is 188 g/mol. The van der Waals surface area contributed by atoms with Gasteiger partial charge in [0.15, 0.2) is 0 Å². The van der Waals surface area contributed by atoms with Crippen molar-refractivity contribution in [3.63, 3.8) is 0 Å². The van der Waals surface area contributed by atoms with Crippen molar-refractivity contribution in [1.82, 2.24) is 0 Å². The van der Waals surface area contributed by atoms with Crippen LogP contribution < -0.4 is 0 Å². The zero-order chi connectivity index (χ0) is 9.97. The van der Waals surface area contributed by atoms with Crippen LogP contribution in [0.25, 0.3) is 5.57 Å². The smallest absolute Gasteiger partial charge is 0.0698 e. The molecule has 1 aliphatic carbocycles. The molecular formula is C13H16O. The summed E-state index contributed by atoms with van der Waals surface area (Å²) in [7, 11) is 0. The number of rotatable bonds is 1. The topological polar surface area (TPSA) is 20.2 Å². The Hall–Kier alpha value is -1.08. The van der Waals surface area contributed by atoms with Crippen LogP contribution in [0, 0.1) is 0 Å². The average Bonchev–Trinajstić information content (AvgIpc) is 2.18. The van der Waals surface area contributed by atoms with E-state index in [4.69, 9.17) is 0 Å². The second-order valence-corrected chi connectivity index (χ2v) is 3.94. The quantitative estimate of drug-likeness (QED) is 0.718. The highest BCUT2D eigenvalue weighted by Gasteiger charge is 2.13. The minimum atomic E-state index is -0.337. The molecular weight excluding hydrogens is 172 g/mol. The Morgan fingerprint density at radius 3 is 2.86 bits per heavy atom. The molecule has 0 bridgehead atoms. The molecule has 2 rings (SSSR count). The van der Waals surface area contributed by atoms with E-state index in [1.165, 1.54) is 29.5 Å². The van der Waals surface area contributed by atoms with Crippen molar-refractivity contribution >= 4 is 5.57 Å². The van der Waals surface area contributed by atoms with Gasteiger partial charge in [-0.2, -0.15) is 0 Å². The van der Waals surface area contributed by atoms with E-state index in [0.29, 0.717) is 0 Å². The largest absolute Gasteiger partial charge is 0.389 e. The van der Waals surface area contributed by atoms with E-state index in [1.54, 1.807) is 0 Å². The average molecular weight is 188 g/mol. The molecule has 0 aromatic heterocycles. The second-order valence-electron chi connectivity index (χ2n) is 3.94. The SMILES string of the molecule is CC(O)/C=C1/CCCc2ccccc21. The summed E-state index contributed by atoms with van der Waals surface area (Å²) >= 11 is 0. The molecule has 1 unspecified atom stereocenters. The number of aliphatic hydroxyl groups excluding tert-OH is 1. The van der Waals surface area contributed by atoms with Gasteiger partial charge in [0.1, 0.15) is 0 Å². The van der Waals surface area contributed by atoms with Crippen LogP contribution in [0.5, 0.6) is 0 Å². The number of allylic oxidation sites excluding steroid dienone is 1. The Kier molecular flexibility index (Phi) is 2.69. The van der Waals surface area contributed by atoms with Crippen LogP contribution in [-0.2, 0) is 6.42 Å². The Bertz CT molecular complexity index is 350. The maximum atomic E-state index is 9.35. The van der Waals surface area contributed by atoms with Crippen molar-refractivity contribution in [2.24, 2.45) is 0 Å². The highest BCUT2D eigenvalue weighted by molar-refractivity contribution is 5.70. The second kappa shape index (κ2) is 3.97. The minimum absolute atomic E-state index is 0.337. The fraction of sp³-hybridized carbons (Fsp3) is 0.385. The van der Waals surface area contributed by atoms with Crippen molar-refractivity contribution in [1.29, 1.82) is 0 Å². The molecule has 0 radical (unpaired) electrons. The fourth-order valence-corrected chi connectivity index (χ4v) is 2.12. The van der Waals surface area contributed by atoms with E-state index < -0.39 is 0 Å². The van der Waals surface area contributed by atoms with Gasteiger partial charge < -0.3 is 5.11 Å². The van der Waals surface area contributed by atoms with E-state index in [1.807, 2.05) is 13.0 Å². The van der Waals surface area contributed by atoms with Crippen LogP contribution in [0.15, 0.2) is 30.3 Å². The number of hydrogen-bond donors (Lipinski definition) is 1. The van der Waals surface area contributed by atoms with Gasteiger partial charge in [-0.15, -0.1) is 0 Å². The molecule has 1 atom stereocenters. The van der Waals surface area contributed by atoms with Crippen molar-refractivity contribution in [3.8, 4) is 0 Å². The predicted molar refractivity (Wildman–Crippen MR) is 59.0 cm³/mol. The predicted octanol–water partition coefficient (Wildman–Crippen LogP) is 2.79. The summed E-state index contributed by atoms with van der Waals surface area (Å²) < 4.78 is 0. The fourth-order valence-electron chi connectivity index (χ4n) is 2.12. The van der Waals surface area contributed by atoms with Crippen molar-refractivity contribution in [2.75, 3.05) is 0 Å². The third kappa shape index (κ3) is 1.88. The zero-order valence-electron chi connectivity index (χ0n) is 8.53. The van der Waals surface area contributed by atoms with Gasteiger partial charge >= 0.3 is 0 Å². The van der Waals surface area contributed by atoms with Crippen LogP contribution >= 0.6 is 0 Å². The summed E-state index contributed by atoms with van der Waals surface area (Å²) in [6.07, 6.45) is 5.11. The van der Waals surface area contributed by atoms with Crippen LogP contribution in [0.1, 0.15) is 30.9 Å². The van der Waals surface area contributed by atoms with Gasteiger partial charge in [-0.3, -0.25) is 0 Å². The maximum Gasteiger partial charge on any atom is 0.0698 e. The third-order valence-electron chi connectivity index (χ3n) is 2.70. The lowest BCUT2D eigenvalue weighted by Crippen LogP contribution is -2.04. The highest BCUT2D eigenvalue weighted by atomic mass is 16.3. The first-order valence-corrected chi connectivity index (χ1v) is 5.24. The summed E-state index contributed by atoms with van der Waals surface area (Å²) in [4.78, 5) is 0. The molecule has 0 spiro atoms. The van der Waals surface area contributed by atoms with E-state index in [2.05, 4.69) is 24.3 Å². The lowest BCUT2D eigenvalue weighted by Gasteiger charge is -2.19. The Labute approximate surface area is 85.1 Å². The van der Waals surface area contributed by atoms with Gasteiger partial charge in [-0.05, 0) is 42.9 Å². The molecule has 0 saturated heterocycles. The molecule has 0 aliphatic heterocycles. The van der Waals surface area contributed by atoms with Gasteiger partial charge in [0.2, 0.25) is 0 Å². The van der Waals surface area contributed by atoms with Crippen LogP contribution in [-0.4, -0.2) is 11.2 Å². The molecule has 1 heteroatoms. The van der Waals surface area contributed by atoms with Gasteiger partial charge in [-0.1, -0.05) is 30.3 Å². The molecule has 74 valence electrons. The van der Waals surface area contributed by atoms with Crippen molar-refractivity contribution in [3.05, 3.63) is 41.5 Å². The molecule has 1 N–H and O–H groups in total. The number of benzene rings is 1. The van der Waals surface area contributed by atoms with Crippen molar-refractivity contribution in [2.45, 2.75) is 32.3 Å². The number of fused-ring (bicyclic) bond motifs is 1. The highest BCUT2D eigenvalue weighted by Crippen LogP contribution is 2.30. The first-order valence-electron chi connectivity index (χ1n) is 5.24. The van der Waals surface area contributed by atoms with Crippen LogP contribution in [0.4, 0.5) is 0 Å². The summed E-state index contributed by atoms with van der Waals surface area (Å²) in [6.45, 7) is 1.81. The van der Waals surface area contributed by atoms with Gasteiger partial charge in [0.05, 0.1) is 6.10 Å². The Morgan fingerprint density at radius 1 is 1.29 bits per heavy atom. The summed E-state index contributed by atoms with van der Waals surface area (Å²) in [5.74, 6) is 0. The summed E-state index contributed by atoms with van der Waals surface area (Å²) in [5, 5.41) is 9.35. The Balaban J connectivity index is 2.40. The van der Waals surface area contributed by atoms with E-state index >= 15 is 0 Å². The molecule has 0 saturated carbocycles. The van der Waals surface area contributed by atoms with Gasteiger partial charge in [0.25, 0.3) is 0 Å². The minimum Gasteiger partial charge on any atom is -0.389 e. The maximum absolute atomic E-state index is 9.35. The van der Waals surface area contributed by atoms with E-state index in [-0.39, 0.29) is 6.10 Å². The number of aliphatic hydroxyl groups is 1. The van der Waals surface area contributed by atoms with Gasteiger partial charge in [-0.25, -0.2) is 0 Å². The molecule has 0 heterocycles. The molecule has 0 amide bonds. The van der Waals surface area contributed by atoms with Crippen molar-refractivity contribution < 1.29 is 5.11 Å². The summed E-state index contributed by atoms with van der Waals surface area (Å²) in [6, 6.07) is 8.50. The standard InChI is InChI=1S/C13H16O/c1-10(14)9-12-7-4-6-11-5-2-3-8-13(11)12/h2-3,5,8-10,14H,4,6-7H2,1H3/b12-9-. The van der Waals surface area contributed by atoms with E-state index in [9.17, 15) is 5.11 Å². The first kappa shape index (κ1) is 9.47. The molecule has 1 aromatic rings. The molecule has 0 fully saturated rings. The van der Waals surface area contributed by atoms with Gasteiger partial charge in [0, 0.05) is 0 Å². The van der Waals surface area contributed by atoms with Crippen LogP contribution in [0.2, 0.25) is 0 Å². The number of aryl methyl sites for hydroxylation is 1. The normalized spacial score (nSPS) is 20.6. The third-order valence-corrected chi connectivity index (χ3v) is 2.70. The molecule has 1 nitrogen and oxygen atoms in total. The number of hydrogen-bond acceptors (Lipinski definition) is 1. The lowest BCUT2D eigenvalue weighted by atomic mass is 9.87. The molecule has 1 aromatic carbocycles. The first-order chi connectivity index (χ1) is 6.77. The molecule has 14 heavy (non-hydrogen) atoms. The van der Waals surface area contributed by atoms with E-state index in [0.717, 1.165) is 6.42 Å². The molecule has 1 aliphatic rings.